The molecule has 0 aromatic heterocycles. The molecule has 0 spiro atoms. The lowest BCUT2D eigenvalue weighted by Gasteiger charge is -2.00. The monoisotopic (exact) mass is 197 g/mol. The molecule has 0 N–H and O–H groups in total. The number of nitro groups is 1. The maximum Gasteiger partial charge on any atom is 0.272 e. The lowest BCUT2D eigenvalue weighted by atomic mass is 10.1. The van der Waals surface area contributed by atoms with Crippen molar-refractivity contribution >= 4 is 18.3 Å². The fraction of sp³-hybridized carbons (Fsp3) is 0.333. The van der Waals surface area contributed by atoms with Gasteiger partial charge in [-0.2, -0.15) is 12.6 Å². The van der Waals surface area contributed by atoms with Crippen LogP contribution in [0.4, 0.5) is 5.69 Å². The van der Waals surface area contributed by atoms with Crippen LogP contribution in [0.15, 0.2) is 24.3 Å². The van der Waals surface area contributed by atoms with Gasteiger partial charge in [0.25, 0.3) is 5.69 Å². The molecule has 4 heteroatoms. The topological polar surface area (TPSA) is 43.1 Å². The Hall–Kier alpha value is -1.03. The second kappa shape index (κ2) is 4.87. The summed E-state index contributed by atoms with van der Waals surface area (Å²) < 4.78 is 0. The van der Waals surface area contributed by atoms with Crippen LogP contribution in [-0.4, -0.2) is 10.7 Å². The van der Waals surface area contributed by atoms with Crippen molar-refractivity contribution in [2.45, 2.75) is 12.8 Å². The minimum atomic E-state index is -0.339. The van der Waals surface area contributed by atoms with Crippen molar-refractivity contribution in [3.05, 3.63) is 39.9 Å². The fourth-order valence-electron chi connectivity index (χ4n) is 1.17. The molecular formula is C9H11NO2S. The summed E-state index contributed by atoms with van der Waals surface area (Å²) in [6, 6.07) is 6.83. The van der Waals surface area contributed by atoms with Gasteiger partial charge >= 0.3 is 0 Å². The quantitative estimate of drug-likeness (QED) is 0.457. The highest BCUT2D eigenvalue weighted by molar-refractivity contribution is 7.80. The van der Waals surface area contributed by atoms with Crippen LogP contribution in [0, 0.1) is 10.1 Å². The van der Waals surface area contributed by atoms with Gasteiger partial charge in [0.05, 0.1) is 4.92 Å². The predicted octanol–water partition coefficient (Wildman–Crippen LogP) is 2.46. The zero-order chi connectivity index (χ0) is 9.68. The normalized spacial score (nSPS) is 9.92. The van der Waals surface area contributed by atoms with Crippen molar-refractivity contribution in [2.24, 2.45) is 0 Å². The van der Waals surface area contributed by atoms with E-state index in [1.807, 2.05) is 6.07 Å². The van der Waals surface area contributed by atoms with Gasteiger partial charge < -0.3 is 0 Å². The zero-order valence-corrected chi connectivity index (χ0v) is 8.04. The van der Waals surface area contributed by atoms with Gasteiger partial charge in [-0.25, -0.2) is 0 Å². The van der Waals surface area contributed by atoms with E-state index in [0.29, 0.717) is 0 Å². The molecule has 0 aliphatic carbocycles. The van der Waals surface area contributed by atoms with Crippen LogP contribution < -0.4 is 0 Å². The van der Waals surface area contributed by atoms with Gasteiger partial charge in [-0.1, -0.05) is 18.2 Å². The Labute approximate surface area is 82.3 Å². The number of nitro benzene ring substituents is 1. The smallest absolute Gasteiger partial charge is 0.258 e. The maximum absolute atomic E-state index is 10.6. The standard InChI is InChI=1S/C9H11NO2S/c11-10(12)9-6-2-1-4-8(9)5-3-7-13/h1-2,4,6,13H,3,5,7H2. The summed E-state index contributed by atoms with van der Waals surface area (Å²) in [4.78, 5) is 10.2. The van der Waals surface area contributed by atoms with Crippen LogP contribution >= 0.6 is 12.6 Å². The molecule has 3 nitrogen and oxygen atoms in total. The number of aryl methyl sites for hydroxylation is 1. The molecule has 1 rings (SSSR count). The van der Waals surface area contributed by atoms with E-state index in [1.165, 1.54) is 6.07 Å². The molecular weight excluding hydrogens is 186 g/mol. The number of benzene rings is 1. The van der Waals surface area contributed by atoms with Crippen molar-refractivity contribution in [1.29, 1.82) is 0 Å². The third-order valence-corrected chi connectivity index (χ3v) is 2.11. The first-order valence-corrected chi connectivity index (χ1v) is 4.72. The van der Waals surface area contributed by atoms with Crippen molar-refractivity contribution in [2.75, 3.05) is 5.75 Å². The largest absolute Gasteiger partial charge is 0.272 e. The van der Waals surface area contributed by atoms with E-state index >= 15 is 0 Å². The molecule has 1 aromatic rings. The van der Waals surface area contributed by atoms with Crippen LogP contribution in [0.5, 0.6) is 0 Å². The summed E-state index contributed by atoms with van der Waals surface area (Å²) in [5.41, 5.74) is 1.01. The first-order valence-electron chi connectivity index (χ1n) is 4.09. The summed E-state index contributed by atoms with van der Waals surface area (Å²) >= 11 is 4.07. The van der Waals surface area contributed by atoms with E-state index in [2.05, 4.69) is 12.6 Å². The Balaban J connectivity index is 2.84. The van der Waals surface area contributed by atoms with Gasteiger partial charge in [0.2, 0.25) is 0 Å². The Morgan fingerprint density at radius 1 is 1.38 bits per heavy atom. The number of para-hydroxylation sites is 1. The molecule has 0 bridgehead atoms. The third-order valence-electron chi connectivity index (χ3n) is 1.79. The molecule has 0 radical (unpaired) electrons. The summed E-state index contributed by atoms with van der Waals surface area (Å²) in [5.74, 6) is 0.756. The van der Waals surface area contributed by atoms with Crippen LogP contribution in [-0.2, 0) is 6.42 Å². The van der Waals surface area contributed by atoms with Crippen molar-refractivity contribution in [3.8, 4) is 0 Å². The summed E-state index contributed by atoms with van der Waals surface area (Å²) in [7, 11) is 0. The lowest BCUT2D eigenvalue weighted by Crippen LogP contribution is -1.95. The molecule has 0 fully saturated rings. The second-order valence-corrected chi connectivity index (χ2v) is 3.16. The van der Waals surface area contributed by atoms with Gasteiger partial charge in [0, 0.05) is 11.6 Å². The van der Waals surface area contributed by atoms with E-state index in [9.17, 15) is 10.1 Å². The van der Waals surface area contributed by atoms with E-state index in [-0.39, 0.29) is 10.6 Å². The van der Waals surface area contributed by atoms with Gasteiger partial charge in [-0.05, 0) is 18.6 Å². The van der Waals surface area contributed by atoms with Crippen molar-refractivity contribution < 1.29 is 4.92 Å². The van der Waals surface area contributed by atoms with Gasteiger partial charge in [-0.15, -0.1) is 0 Å². The van der Waals surface area contributed by atoms with Crippen LogP contribution in [0.2, 0.25) is 0 Å². The predicted molar refractivity (Wildman–Crippen MR) is 55.3 cm³/mol. The number of rotatable bonds is 4. The van der Waals surface area contributed by atoms with Gasteiger partial charge in [0.15, 0.2) is 0 Å². The minimum absolute atomic E-state index is 0.212. The summed E-state index contributed by atoms with van der Waals surface area (Å²) in [6.07, 6.45) is 1.59. The molecule has 1 aromatic carbocycles. The van der Waals surface area contributed by atoms with E-state index < -0.39 is 0 Å². The van der Waals surface area contributed by atoms with E-state index in [0.717, 1.165) is 24.2 Å². The van der Waals surface area contributed by atoms with Gasteiger partial charge in [-0.3, -0.25) is 10.1 Å². The average Bonchev–Trinajstić information content (AvgIpc) is 2.15. The lowest BCUT2D eigenvalue weighted by molar-refractivity contribution is -0.385. The number of thiol groups is 1. The Morgan fingerprint density at radius 2 is 2.08 bits per heavy atom. The number of hydrogen-bond acceptors (Lipinski definition) is 3. The van der Waals surface area contributed by atoms with Crippen LogP contribution in [0.25, 0.3) is 0 Å². The second-order valence-electron chi connectivity index (χ2n) is 2.71. The molecule has 0 aliphatic rings. The molecule has 0 saturated heterocycles. The minimum Gasteiger partial charge on any atom is -0.258 e. The van der Waals surface area contributed by atoms with E-state index in [4.69, 9.17) is 0 Å². The maximum atomic E-state index is 10.6. The average molecular weight is 197 g/mol. The molecule has 0 saturated carbocycles. The first-order chi connectivity index (χ1) is 6.25. The van der Waals surface area contributed by atoms with Crippen LogP contribution in [0.1, 0.15) is 12.0 Å². The molecule has 0 heterocycles. The summed E-state index contributed by atoms with van der Waals surface area (Å²) in [5, 5.41) is 10.6. The molecule has 70 valence electrons. The Bertz CT molecular complexity index is 301. The van der Waals surface area contributed by atoms with E-state index in [1.54, 1.807) is 12.1 Å². The summed E-state index contributed by atoms with van der Waals surface area (Å²) in [6.45, 7) is 0. The number of hydrogen-bond donors (Lipinski definition) is 1. The highest BCUT2D eigenvalue weighted by Crippen LogP contribution is 2.18. The Kier molecular flexibility index (Phi) is 3.76. The van der Waals surface area contributed by atoms with Crippen LogP contribution in [0.3, 0.4) is 0 Å². The highest BCUT2D eigenvalue weighted by Gasteiger charge is 2.10. The third kappa shape index (κ3) is 2.73. The fourth-order valence-corrected chi connectivity index (χ4v) is 1.33. The molecule has 0 atom stereocenters. The van der Waals surface area contributed by atoms with Crippen molar-refractivity contribution in [1.82, 2.24) is 0 Å². The SMILES string of the molecule is O=[N+]([O-])c1ccccc1CCCS. The Morgan fingerprint density at radius 3 is 2.69 bits per heavy atom. The number of nitrogens with zero attached hydrogens (tertiary/aromatic N) is 1. The molecule has 0 unspecified atom stereocenters. The van der Waals surface area contributed by atoms with Gasteiger partial charge in [0.1, 0.15) is 0 Å². The molecule has 0 aliphatic heterocycles. The highest BCUT2D eigenvalue weighted by atomic mass is 32.1. The molecule has 0 amide bonds. The molecule has 13 heavy (non-hydrogen) atoms. The zero-order valence-electron chi connectivity index (χ0n) is 7.14. The first kappa shape index (κ1) is 10.1. The van der Waals surface area contributed by atoms with Crippen molar-refractivity contribution in [3.63, 3.8) is 0 Å².